The van der Waals surface area contributed by atoms with Gasteiger partial charge in [0.25, 0.3) is 6.01 Å². The number of aromatic nitrogens is 2. The van der Waals surface area contributed by atoms with Gasteiger partial charge in [0.1, 0.15) is 28.7 Å². The van der Waals surface area contributed by atoms with Gasteiger partial charge in [-0.25, -0.2) is 18.6 Å². The molecule has 2 aromatic heterocycles. The van der Waals surface area contributed by atoms with Crippen LogP contribution in [0.1, 0.15) is 16.1 Å². The third-order valence-electron chi connectivity index (χ3n) is 3.98. The van der Waals surface area contributed by atoms with E-state index in [2.05, 4.69) is 15.3 Å². The minimum absolute atomic E-state index is 0.00521. The summed E-state index contributed by atoms with van der Waals surface area (Å²) in [5, 5.41) is 11.8. The van der Waals surface area contributed by atoms with E-state index < -0.39 is 17.6 Å². The van der Waals surface area contributed by atoms with Gasteiger partial charge in [0.05, 0.1) is 0 Å². The van der Waals surface area contributed by atoms with Crippen LogP contribution in [-0.4, -0.2) is 21.0 Å². The molecular formula is C20H13F2N3O4. The molecule has 0 fully saturated rings. The number of carboxylic acids is 1. The van der Waals surface area contributed by atoms with Crippen LogP contribution in [0.15, 0.2) is 59.1 Å². The number of carboxylic acid groups (broad SMARTS) is 1. The third-order valence-corrected chi connectivity index (χ3v) is 3.98. The molecule has 9 heteroatoms. The van der Waals surface area contributed by atoms with E-state index in [-0.39, 0.29) is 23.8 Å². The number of oxazole rings is 1. The first kappa shape index (κ1) is 18.4. The van der Waals surface area contributed by atoms with E-state index in [0.29, 0.717) is 22.6 Å². The van der Waals surface area contributed by atoms with Crippen molar-refractivity contribution < 1.29 is 27.8 Å². The monoisotopic (exact) mass is 397 g/mol. The van der Waals surface area contributed by atoms with Gasteiger partial charge in [0.15, 0.2) is 11.3 Å². The first-order chi connectivity index (χ1) is 14.0. The number of carbonyl (C=O) groups is 1. The van der Waals surface area contributed by atoms with E-state index in [1.165, 1.54) is 18.3 Å². The first-order valence-electron chi connectivity index (χ1n) is 8.43. The van der Waals surface area contributed by atoms with Gasteiger partial charge >= 0.3 is 5.97 Å². The fourth-order valence-corrected chi connectivity index (χ4v) is 2.62. The van der Waals surface area contributed by atoms with E-state index in [1.807, 2.05) is 0 Å². The summed E-state index contributed by atoms with van der Waals surface area (Å²) < 4.78 is 38.2. The van der Waals surface area contributed by atoms with E-state index in [4.69, 9.17) is 14.3 Å². The number of hydrogen-bond acceptors (Lipinski definition) is 6. The maximum atomic E-state index is 13.7. The SMILES string of the molecule is O=C(O)c1cc(Oc2ccc3nc(NCc4cc(F)ccc4F)oc3c2)ccn1. The van der Waals surface area contributed by atoms with Crippen LogP contribution in [0.3, 0.4) is 0 Å². The smallest absolute Gasteiger partial charge is 0.354 e. The molecule has 0 aliphatic carbocycles. The standard InChI is InChI=1S/C20H13F2N3O4/c21-12-1-3-15(22)11(7-12)10-24-20-25-16-4-2-13(9-18(16)29-20)28-14-5-6-23-17(8-14)19(26)27/h1-9H,10H2,(H,24,25)(H,26,27). The summed E-state index contributed by atoms with van der Waals surface area (Å²) in [6.07, 6.45) is 1.33. The molecule has 0 saturated heterocycles. The summed E-state index contributed by atoms with van der Waals surface area (Å²) in [6.45, 7) is -0.00521. The number of fused-ring (bicyclic) bond motifs is 1. The molecule has 2 heterocycles. The van der Waals surface area contributed by atoms with Gasteiger partial charge in [-0.1, -0.05) is 0 Å². The maximum Gasteiger partial charge on any atom is 0.354 e. The minimum atomic E-state index is -1.16. The van der Waals surface area contributed by atoms with Gasteiger partial charge in [0.2, 0.25) is 0 Å². The summed E-state index contributed by atoms with van der Waals surface area (Å²) >= 11 is 0. The van der Waals surface area contributed by atoms with E-state index >= 15 is 0 Å². The zero-order valence-electron chi connectivity index (χ0n) is 14.7. The van der Waals surface area contributed by atoms with Crippen molar-refractivity contribution in [3.8, 4) is 11.5 Å². The summed E-state index contributed by atoms with van der Waals surface area (Å²) in [5.41, 5.74) is 0.931. The second-order valence-electron chi connectivity index (χ2n) is 6.02. The molecule has 0 aliphatic heterocycles. The van der Waals surface area contributed by atoms with Crippen LogP contribution >= 0.6 is 0 Å². The molecule has 0 amide bonds. The number of nitrogens with zero attached hydrogens (tertiary/aromatic N) is 2. The summed E-state index contributed by atoms with van der Waals surface area (Å²) in [7, 11) is 0. The van der Waals surface area contributed by atoms with Crippen LogP contribution in [0.5, 0.6) is 11.5 Å². The molecule has 4 rings (SSSR count). The Kier molecular flexibility index (Phi) is 4.78. The van der Waals surface area contributed by atoms with Gasteiger partial charge in [-0.2, -0.15) is 4.98 Å². The van der Waals surface area contributed by atoms with Gasteiger partial charge in [0, 0.05) is 30.4 Å². The topological polar surface area (TPSA) is 97.5 Å². The molecule has 0 aliphatic rings. The quantitative estimate of drug-likeness (QED) is 0.491. The predicted octanol–water partition coefficient (Wildman–Crippen LogP) is 4.60. The highest BCUT2D eigenvalue weighted by molar-refractivity contribution is 5.85. The number of ether oxygens (including phenoxy) is 1. The fourth-order valence-electron chi connectivity index (χ4n) is 2.62. The van der Waals surface area contributed by atoms with Crippen molar-refractivity contribution in [2.24, 2.45) is 0 Å². The summed E-state index contributed by atoms with van der Waals surface area (Å²) in [4.78, 5) is 18.9. The second kappa shape index (κ2) is 7.55. The molecule has 146 valence electrons. The Morgan fingerprint density at radius 1 is 1.10 bits per heavy atom. The van der Waals surface area contributed by atoms with Gasteiger partial charge in [-0.3, -0.25) is 0 Å². The average Bonchev–Trinajstić information content (AvgIpc) is 3.11. The fraction of sp³-hybridized carbons (Fsp3) is 0.0500. The third kappa shape index (κ3) is 4.13. The lowest BCUT2D eigenvalue weighted by molar-refractivity contribution is 0.0690. The summed E-state index contributed by atoms with van der Waals surface area (Å²) in [5.74, 6) is -1.53. The Hall–Kier alpha value is -4.01. The molecule has 0 atom stereocenters. The molecule has 0 bridgehead atoms. The van der Waals surface area contributed by atoms with Crippen molar-refractivity contribution in [3.05, 3.63) is 77.6 Å². The molecule has 0 spiro atoms. The van der Waals surface area contributed by atoms with Gasteiger partial charge in [-0.05, 0) is 36.4 Å². The molecule has 7 nitrogen and oxygen atoms in total. The van der Waals surface area contributed by atoms with Crippen molar-refractivity contribution in [2.75, 3.05) is 5.32 Å². The molecule has 2 N–H and O–H groups in total. The number of hydrogen-bond donors (Lipinski definition) is 2. The highest BCUT2D eigenvalue weighted by Gasteiger charge is 2.11. The molecule has 0 saturated carbocycles. The molecule has 2 aromatic carbocycles. The van der Waals surface area contributed by atoms with Crippen LogP contribution < -0.4 is 10.1 Å². The maximum absolute atomic E-state index is 13.7. The van der Waals surface area contributed by atoms with E-state index in [9.17, 15) is 13.6 Å². The van der Waals surface area contributed by atoms with Gasteiger partial charge < -0.3 is 19.6 Å². The predicted molar refractivity (Wildman–Crippen MR) is 99.0 cm³/mol. The number of benzene rings is 2. The number of nitrogens with one attached hydrogen (secondary N) is 1. The first-order valence-corrected chi connectivity index (χ1v) is 8.43. The number of pyridine rings is 1. The van der Waals surface area contributed by atoms with Crippen molar-refractivity contribution in [2.45, 2.75) is 6.54 Å². The highest BCUT2D eigenvalue weighted by atomic mass is 19.1. The van der Waals surface area contributed by atoms with E-state index in [0.717, 1.165) is 18.2 Å². The van der Waals surface area contributed by atoms with Crippen molar-refractivity contribution in [1.82, 2.24) is 9.97 Å². The Balaban J connectivity index is 1.51. The molecule has 4 aromatic rings. The number of anilines is 1. The highest BCUT2D eigenvalue weighted by Crippen LogP contribution is 2.27. The van der Waals surface area contributed by atoms with Gasteiger partial charge in [-0.15, -0.1) is 0 Å². The van der Waals surface area contributed by atoms with E-state index in [1.54, 1.807) is 18.2 Å². The largest absolute Gasteiger partial charge is 0.477 e. The van der Waals surface area contributed by atoms with Crippen molar-refractivity contribution >= 4 is 23.1 Å². The Morgan fingerprint density at radius 3 is 2.76 bits per heavy atom. The number of rotatable bonds is 6. The second-order valence-corrected chi connectivity index (χ2v) is 6.02. The molecular weight excluding hydrogens is 384 g/mol. The van der Waals surface area contributed by atoms with Crippen LogP contribution in [0.2, 0.25) is 0 Å². The Bertz CT molecular complexity index is 1210. The Morgan fingerprint density at radius 2 is 1.93 bits per heavy atom. The molecule has 29 heavy (non-hydrogen) atoms. The van der Waals surface area contributed by atoms with Crippen LogP contribution in [0.25, 0.3) is 11.1 Å². The number of aromatic carboxylic acids is 1. The number of halogens is 2. The van der Waals surface area contributed by atoms with Crippen molar-refractivity contribution in [3.63, 3.8) is 0 Å². The normalized spacial score (nSPS) is 10.8. The van der Waals surface area contributed by atoms with Crippen LogP contribution in [0.4, 0.5) is 14.8 Å². The molecule has 0 unspecified atom stereocenters. The minimum Gasteiger partial charge on any atom is -0.477 e. The average molecular weight is 397 g/mol. The summed E-state index contributed by atoms with van der Waals surface area (Å²) in [6, 6.07) is 11.0. The zero-order chi connectivity index (χ0) is 20.4. The lowest BCUT2D eigenvalue weighted by atomic mass is 10.2. The van der Waals surface area contributed by atoms with Crippen LogP contribution in [0, 0.1) is 11.6 Å². The lowest BCUT2D eigenvalue weighted by Gasteiger charge is -2.05. The lowest BCUT2D eigenvalue weighted by Crippen LogP contribution is -2.02. The van der Waals surface area contributed by atoms with Crippen LogP contribution in [-0.2, 0) is 6.54 Å². The zero-order valence-corrected chi connectivity index (χ0v) is 14.7. The Labute approximate surface area is 162 Å². The van der Waals surface area contributed by atoms with Crippen molar-refractivity contribution in [1.29, 1.82) is 0 Å². The molecule has 0 radical (unpaired) electrons.